The second kappa shape index (κ2) is 36.4. The zero-order valence-electron chi connectivity index (χ0n) is 37.0. The van der Waals surface area contributed by atoms with Crippen molar-refractivity contribution in [1.29, 1.82) is 0 Å². The van der Waals surface area contributed by atoms with Gasteiger partial charge in [-0.1, -0.05) is 124 Å². The summed E-state index contributed by atoms with van der Waals surface area (Å²) in [5.74, 6) is 4.78. The minimum absolute atomic E-state index is 0. The van der Waals surface area contributed by atoms with Crippen molar-refractivity contribution in [2.24, 2.45) is 47.3 Å². The molecule has 1 N–H and O–H groups in total. The van der Waals surface area contributed by atoms with E-state index in [1.807, 2.05) is 13.8 Å². The van der Waals surface area contributed by atoms with Crippen LogP contribution in [0, 0.1) is 47.3 Å². The van der Waals surface area contributed by atoms with Crippen LogP contribution in [0.25, 0.3) is 0 Å². The van der Waals surface area contributed by atoms with Crippen LogP contribution in [0.5, 0.6) is 0 Å². The molecule has 8 heteroatoms. The predicted molar refractivity (Wildman–Crippen MR) is 215 cm³/mol. The lowest BCUT2D eigenvalue weighted by atomic mass is 9.92. The molecule has 0 bridgehead atoms. The molecule has 48 heavy (non-hydrogen) atoms. The average molecular weight is 734 g/mol. The lowest BCUT2D eigenvalue weighted by Crippen LogP contribution is -3.00. The molecule has 300 valence electrons. The summed E-state index contributed by atoms with van der Waals surface area (Å²) in [4.78, 5) is 12.4. The maximum absolute atomic E-state index is 10.1. The normalized spacial score (nSPS) is 17.4. The van der Waals surface area contributed by atoms with Gasteiger partial charge in [-0.3, -0.25) is 4.79 Å². The van der Waals surface area contributed by atoms with Crippen molar-refractivity contribution < 1.29 is 35.2 Å². The Morgan fingerprint density at radius 2 is 0.917 bits per heavy atom. The van der Waals surface area contributed by atoms with Crippen LogP contribution in [0.4, 0.5) is 0 Å². The van der Waals surface area contributed by atoms with Gasteiger partial charge in [-0.05, 0) is 69.9 Å². The Bertz CT molecular complexity index is 731. The second-order valence-electron chi connectivity index (χ2n) is 16.5. The van der Waals surface area contributed by atoms with Gasteiger partial charge in [0.05, 0.1) is 33.1 Å². The van der Waals surface area contributed by atoms with Crippen LogP contribution in [0.3, 0.4) is 0 Å². The number of carboxylic acid groups (broad SMARTS) is 1. The van der Waals surface area contributed by atoms with E-state index >= 15 is 0 Å². The Hall–Kier alpha value is -0.370. The summed E-state index contributed by atoms with van der Waals surface area (Å²) in [6, 6.07) is 0.736. The van der Waals surface area contributed by atoms with Crippen LogP contribution in [0.1, 0.15) is 150 Å². The quantitative estimate of drug-likeness (QED) is 0.244. The van der Waals surface area contributed by atoms with Gasteiger partial charge in [0.1, 0.15) is 9.84 Å². The highest BCUT2D eigenvalue weighted by atomic mass is 35.5. The fraction of sp³-hybridized carbons (Fsp3) is 0.975. The number of hydrogen-bond acceptors (Lipinski definition) is 4. The summed E-state index contributed by atoms with van der Waals surface area (Å²) in [7, 11) is 6.26. The van der Waals surface area contributed by atoms with Crippen molar-refractivity contribution in [3.05, 3.63) is 0 Å². The molecular weight excluding hydrogens is 640 g/mol. The van der Waals surface area contributed by atoms with Crippen molar-refractivity contribution in [1.82, 2.24) is 4.90 Å². The lowest BCUT2D eigenvalue weighted by molar-refractivity contribution is -0.880. The Balaban J connectivity index is -0.0000000834. The molecule has 0 saturated carbocycles. The molecule has 0 aromatic heterocycles. The highest BCUT2D eigenvalue weighted by Gasteiger charge is 2.37. The molecule has 1 heterocycles. The van der Waals surface area contributed by atoms with E-state index in [-0.39, 0.29) is 24.2 Å². The molecule has 4 atom stereocenters. The number of nitrogens with zero attached hydrogens (tertiary/aromatic N) is 2. The van der Waals surface area contributed by atoms with Gasteiger partial charge in [-0.2, -0.15) is 0 Å². The van der Waals surface area contributed by atoms with Gasteiger partial charge in [0.25, 0.3) is 0 Å². The van der Waals surface area contributed by atoms with E-state index in [0.717, 1.165) is 54.1 Å². The molecule has 4 unspecified atom stereocenters. The standard InChI is InChI=1S/C10H22N.C6H15N.C6H12O2.C6H14.2C5H12.C2H6O2S.ClH/c1-5-9-7-11(3,4)8-10(9)6-2;1-5-6(2)7(3)4;1-4(2)5(3)6(7)8;1-5(2)6(3)4;2*1-4-5(2)3;1-5(2,3)4;/h9-10H,5-8H2,1-4H3;6H,5H2,1-4H3;4-5H,1-3H3,(H,7,8);5-6H,1-4H3;2*5H,4H2,1-3H3;1-2H3;1H/q+1;;;;;;;/p-1. The molecule has 1 aliphatic rings. The topological polar surface area (TPSA) is 74.7 Å². The van der Waals surface area contributed by atoms with E-state index in [1.165, 1.54) is 49.7 Å². The van der Waals surface area contributed by atoms with Gasteiger partial charge < -0.3 is 26.9 Å². The maximum Gasteiger partial charge on any atom is 0.306 e. The molecule has 0 amide bonds. The Morgan fingerprint density at radius 3 is 0.979 bits per heavy atom. The Kier molecular flexibility index (Phi) is 47.6. The first-order valence-electron chi connectivity index (χ1n) is 18.9. The molecule has 6 nitrogen and oxygen atoms in total. The third-order valence-corrected chi connectivity index (χ3v) is 9.00. The number of quaternary nitrogens is 1. The molecule has 1 fully saturated rings. The third kappa shape index (κ3) is 57.9. The largest absolute Gasteiger partial charge is 1.00 e. The monoisotopic (exact) mass is 733 g/mol. The number of rotatable bonds is 9. The highest BCUT2D eigenvalue weighted by molar-refractivity contribution is 7.89. The summed E-state index contributed by atoms with van der Waals surface area (Å²) in [6.07, 6.45) is 8.92. The first-order chi connectivity index (χ1) is 21.0. The summed E-state index contributed by atoms with van der Waals surface area (Å²) < 4.78 is 20.5. The maximum atomic E-state index is 10.1. The summed E-state index contributed by atoms with van der Waals surface area (Å²) in [5.41, 5.74) is 0. The fourth-order valence-corrected chi connectivity index (χ4v) is 3.22. The van der Waals surface area contributed by atoms with Crippen LogP contribution in [0.15, 0.2) is 0 Å². The second-order valence-corrected chi connectivity index (χ2v) is 18.8. The molecule has 1 saturated heterocycles. The van der Waals surface area contributed by atoms with Gasteiger partial charge in [-0.25, -0.2) is 8.42 Å². The van der Waals surface area contributed by atoms with Gasteiger partial charge >= 0.3 is 5.97 Å². The molecule has 0 radical (unpaired) electrons. The molecule has 1 aliphatic heterocycles. The number of sulfone groups is 1. The van der Waals surface area contributed by atoms with E-state index in [2.05, 4.69) is 130 Å². The number of carboxylic acids is 1. The SMILES string of the molecule is CC(C)C(C)C.CC(C)C(C)C(=O)O.CCC(C)C.CCC(C)C.CCC(C)N(C)C.CCC1C[N+](C)(C)CC1CC.CS(C)(=O)=O.[Cl-]. The number of carbonyl (C=O) groups is 1. The highest BCUT2D eigenvalue weighted by Crippen LogP contribution is 2.31. The van der Waals surface area contributed by atoms with Crippen LogP contribution in [0.2, 0.25) is 0 Å². The summed E-state index contributed by atoms with van der Waals surface area (Å²) >= 11 is 0. The Morgan fingerprint density at radius 1 is 0.667 bits per heavy atom. The van der Waals surface area contributed by atoms with Crippen LogP contribution >= 0.6 is 0 Å². The molecule has 0 aromatic rings. The summed E-state index contributed by atoms with van der Waals surface area (Å²) in [5, 5.41) is 8.35. The average Bonchev–Trinajstić information content (AvgIpc) is 3.26. The van der Waals surface area contributed by atoms with E-state index < -0.39 is 15.8 Å². The zero-order chi connectivity index (χ0) is 39.3. The van der Waals surface area contributed by atoms with E-state index in [1.54, 1.807) is 6.92 Å². The lowest BCUT2D eigenvalue weighted by Gasteiger charge is -2.23. The van der Waals surface area contributed by atoms with Gasteiger partial charge in [0.2, 0.25) is 0 Å². The van der Waals surface area contributed by atoms with Gasteiger partial charge in [0, 0.05) is 30.4 Å². The number of halogens is 1. The Labute approximate surface area is 311 Å². The third-order valence-electron chi connectivity index (χ3n) is 9.00. The minimum atomic E-state index is -2.67. The zero-order valence-corrected chi connectivity index (χ0v) is 38.6. The van der Waals surface area contributed by atoms with E-state index in [0.29, 0.717) is 0 Å². The summed E-state index contributed by atoms with van der Waals surface area (Å²) in [6.45, 7) is 39.6. The molecule has 0 aliphatic carbocycles. The van der Waals surface area contributed by atoms with Gasteiger partial charge in [0.15, 0.2) is 0 Å². The van der Waals surface area contributed by atoms with Crippen molar-refractivity contribution in [3.8, 4) is 0 Å². The van der Waals surface area contributed by atoms with Crippen LogP contribution in [-0.4, -0.2) is 88.7 Å². The van der Waals surface area contributed by atoms with Crippen LogP contribution < -0.4 is 12.4 Å². The molecule has 0 aromatic carbocycles. The predicted octanol–water partition coefficient (Wildman–Crippen LogP) is 7.91. The van der Waals surface area contributed by atoms with Gasteiger partial charge in [-0.15, -0.1) is 0 Å². The first-order valence-corrected chi connectivity index (χ1v) is 21.2. The molecular formula is C40H93ClN2O4S. The van der Waals surface area contributed by atoms with Crippen molar-refractivity contribution in [2.45, 2.75) is 156 Å². The number of hydrogen-bond donors (Lipinski definition) is 1. The van der Waals surface area contributed by atoms with Crippen molar-refractivity contribution >= 4 is 15.8 Å². The molecule has 0 spiro atoms. The number of likely N-dealkylation sites (tertiary alicyclic amines) is 1. The van der Waals surface area contributed by atoms with E-state index in [9.17, 15) is 13.2 Å². The smallest absolute Gasteiger partial charge is 0.306 e. The first kappa shape index (κ1) is 62.7. The van der Waals surface area contributed by atoms with Crippen LogP contribution in [-0.2, 0) is 14.6 Å². The number of aliphatic carboxylic acids is 1. The van der Waals surface area contributed by atoms with Crippen molar-refractivity contribution in [3.63, 3.8) is 0 Å². The van der Waals surface area contributed by atoms with Crippen molar-refractivity contribution in [2.75, 3.05) is 53.8 Å². The molecule has 1 rings (SSSR count). The fourth-order valence-electron chi connectivity index (χ4n) is 3.22. The van der Waals surface area contributed by atoms with E-state index in [4.69, 9.17) is 5.11 Å². The minimum Gasteiger partial charge on any atom is -1.00 e.